The Morgan fingerprint density at radius 1 is 1.50 bits per heavy atom. The van der Waals surface area contributed by atoms with Gasteiger partial charge in [0, 0.05) is 12.6 Å². The molecule has 0 saturated carbocycles. The first kappa shape index (κ1) is 12.4. The zero-order chi connectivity index (χ0) is 13.4. The number of fused-ring (bicyclic) bond motifs is 1. The maximum atomic E-state index is 12.0. The Hall–Kier alpha value is -2.08. The number of hydrogen-bond donors (Lipinski definition) is 2. The highest BCUT2D eigenvalue weighted by atomic mass is 16.5. The highest BCUT2D eigenvalue weighted by Crippen LogP contribution is 2.42. The molecule has 2 amide bonds. The average Bonchev–Trinajstić information content (AvgIpc) is 2.34. The van der Waals surface area contributed by atoms with E-state index in [1.807, 2.05) is 0 Å². The van der Waals surface area contributed by atoms with Gasteiger partial charge in [0.15, 0.2) is 0 Å². The lowest BCUT2D eigenvalue weighted by Gasteiger charge is -2.34. The highest BCUT2D eigenvalue weighted by Gasteiger charge is 2.43. The van der Waals surface area contributed by atoms with Crippen LogP contribution >= 0.6 is 0 Å². The van der Waals surface area contributed by atoms with Gasteiger partial charge in [-0.15, -0.1) is 0 Å². The fourth-order valence-corrected chi connectivity index (χ4v) is 2.21. The predicted molar refractivity (Wildman–Crippen MR) is 64.0 cm³/mol. The minimum Gasteiger partial charge on any atom is -0.496 e. The molecule has 1 heterocycles. The molecule has 0 saturated heterocycles. The molecular weight excluding hydrogens is 236 g/mol. The summed E-state index contributed by atoms with van der Waals surface area (Å²) in [7, 11) is 2.99. The summed E-state index contributed by atoms with van der Waals surface area (Å²) in [5.41, 5.74) is 6.10. The summed E-state index contributed by atoms with van der Waals surface area (Å²) in [5.74, 6) is -2.23. The van der Waals surface area contributed by atoms with Crippen molar-refractivity contribution in [2.45, 2.75) is 6.10 Å². The van der Waals surface area contributed by atoms with Gasteiger partial charge >= 0.3 is 0 Å². The van der Waals surface area contributed by atoms with Crippen LogP contribution in [0.2, 0.25) is 0 Å². The van der Waals surface area contributed by atoms with E-state index in [1.54, 1.807) is 18.2 Å². The van der Waals surface area contributed by atoms with E-state index >= 15 is 0 Å². The van der Waals surface area contributed by atoms with Gasteiger partial charge < -0.3 is 20.5 Å². The Morgan fingerprint density at radius 2 is 2.17 bits per heavy atom. The number of carbonyl (C=O) groups is 2. The topological polar surface area (TPSA) is 92.9 Å². The SMILES string of the molecule is COc1cccc2c1C(O)C(C(N)=O)C(=O)N2C. The second kappa shape index (κ2) is 4.30. The maximum absolute atomic E-state index is 12.0. The Kier molecular flexibility index (Phi) is 2.96. The molecule has 3 N–H and O–H groups in total. The lowest BCUT2D eigenvalue weighted by atomic mass is 9.88. The van der Waals surface area contributed by atoms with Crippen molar-refractivity contribution in [3.8, 4) is 5.75 Å². The van der Waals surface area contributed by atoms with Crippen molar-refractivity contribution in [1.82, 2.24) is 0 Å². The van der Waals surface area contributed by atoms with Crippen LogP contribution in [0.4, 0.5) is 5.69 Å². The van der Waals surface area contributed by atoms with Crippen LogP contribution in [0.15, 0.2) is 18.2 Å². The van der Waals surface area contributed by atoms with Crippen LogP contribution in [-0.4, -0.2) is 31.1 Å². The normalized spacial score (nSPS) is 22.6. The Balaban J connectivity index is 2.64. The number of aliphatic hydroxyl groups excluding tert-OH is 1. The Morgan fingerprint density at radius 3 is 2.72 bits per heavy atom. The highest BCUT2D eigenvalue weighted by molar-refractivity contribution is 6.10. The minimum absolute atomic E-state index is 0.408. The smallest absolute Gasteiger partial charge is 0.242 e. The average molecular weight is 250 g/mol. The van der Waals surface area contributed by atoms with Gasteiger partial charge in [-0.2, -0.15) is 0 Å². The first-order valence-corrected chi connectivity index (χ1v) is 5.41. The monoisotopic (exact) mass is 250 g/mol. The quantitative estimate of drug-likeness (QED) is 0.711. The van der Waals surface area contributed by atoms with Gasteiger partial charge in [-0.3, -0.25) is 9.59 Å². The van der Waals surface area contributed by atoms with E-state index in [-0.39, 0.29) is 0 Å². The van der Waals surface area contributed by atoms with Gasteiger partial charge in [-0.1, -0.05) is 6.07 Å². The third-order valence-corrected chi connectivity index (χ3v) is 3.14. The number of aliphatic hydroxyl groups is 1. The van der Waals surface area contributed by atoms with Crippen molar-refractivity contribution in [3.05, 3.63) is 23.8 Å². The number of nitrogens with two attached hydrogens (primary N) is 1. The number of hydrogen-bond acceptors (Lipinski definition) is 4. The van der Waals surface area contributed by atoms with Gasteiger partial charge in [0.25, 0.3) is 0 Å². The molecule has 1 aromatic carbocycles. The van der Waals surface area contributed by atoms with E-state index in [0.717, 1.165) is 0 Å². The van der Waals surface area contributed by atoms with E-state index < -0.39 is 23.8 Å². The van der Waals surface area contributed by atoms with E-state index in [4.69, 9.17) is 10.5 Å². The lowest BCUT2D eigenvalue weighted by molar-refractivity contribution is -0.137. The van der Waals surface area contributed by atoms with E-state index in [9.17, 15) is 14.7 Å². The third-order valence-electron chi connectivity index (χ3n) is 3.14. The van der Waals surface area contributed by atoms with Crippen molar-refractivity contribution in [2.75, 3.05) is 19.1 Å². The maximum Gasteiger partial charge on any atom is 0.242 e. The number of carbonyl (C=O) groups excluding carboxylic acids is 2. The summed E-state index contributed by atoms with van der Waals surface area (Å²) in [6, 6.07) is 5.04. The zero-order valence-corrected chi connectivity index (χ0v) is 10.1. The molecule has 0 aromatic heterocycles. The zero-order valence-electron chi connectivity index (χ0n) is 10.1. The number of anilines is 1. The summed E-state index contributed by atoms with van der Waals surface area (Å²) in [5, 5.41) is 10.2. The number of benzene rings is 1. The van der Waals surface area contributed by atoms with Crippen LogP contribution < -0.4 is 15.4 Å². The van der Waals surface area contributed by atoms with Crippen molar-refractivity contribution < 1.29 is 19.4 Å². The molecule has 2 atom stereocenters. The molecule has 0 aliphatic carbocycles. The molecule has 6 heteroatoms. The van der Waals surface area contributed by atoms with Crippen LogP contribution in [0.1, 0.15) is 11.7 Å². The molecule has 1 aliphatic rings. The van der Waals surface area contributed by atoms with Crippen molar-refractivity contribution in [3.63, 3.8) is 0 Å². The van der Waals surface area contributed by atoms with E-state index in [1.165, 1.54) is 19.1 Å². The Labute approximate surface area is 104 Å². The molecule has 2 rings (SSSR count). The summed E-state index contributed by atoms with van der Waals surface area (Å²) in [6.07, 6.45) is -1.28. The number of methoxy groups -OCH3 is 1. The predicted octanol–water partition coefficient (Wildman–Crippen LogP) is -0.194. The fraction of sp³-hybridized carbons (Fsp3) is 0.333. The van der Waals surface area contributed by atoms with E-state index in [2.05, 4.69) is 0 Å². The van der Waals surface area contributed by atoms with Crippen LogP contribution in [-0.2, 0) is 9.59 Å². The van der Waals surface area contributed by atoms with Crippen molar-refractivity contribution >= 4 is 17.5 Å². The Bertz CT molecular complexity index is 515. The molecule has 96 valence electrons. The number of nitrogens with zero attached hydrogens (tertiary/aromatic N) is 1. The molecule has 0 spiro atoms. The van der Waals surface area contributed by atoms with E-state index in [0.29, 0.717) is 17.0 Å². The molecular formula is C12H14N2O4. The molecule has 18 heavy (non-hydrogen) atoms. The van der Waals surface area contributed by atoms with Gasteiger partial charge in [0.2, 0.25) is 11.8 Å². The first-order chi connectivity index (χ1) is 8.49. The van der Waals surface area contributed by atoms with Crippen molar-refractivity contribution in [2.24, 2.45) is 11.7 Å². The minimum atomic E-state index is -1.28. The first-order valence-electron chi connectivity index (χ1n) is 5.41. The second-order valence-corrected chi connectivity index (χ2v) is 4.12. The number of rotatable bonds is 2. The lowest BCUT2D eigenvalue weighted by Crippen LogP contribution is -2.47. The largest absolute Gasteiger partial charge is 0.496 e. The molecule has 0 bridgehead atoms. The third kappa shape index (κ3) is 1.62. The second-order valence-electron chi connectivity index (χ2n) is 4.12. The van der Waals surface area contributed by atoms with Crippen LogP contribution in [0.3, 0.4) is 0 Å². The van der Waals surface area contributed by atoms with Crippen LogP contribution in [0.5, 0.6) is 5.75 Å². The summed E-state index contributed by atoms with van der Waals surface area (Å²) >= 11 is 0. The van der Waals surface area contributed by atoms with Gasteiger partial charge in [-0.05, 0) is 12.1 Å². The molecule has 2 unspecified atom stereocenters. The number of ether oxygens (including phenoxy) is 1. The van der Waals surface area contributed by atoms with Crippen LogP contribution in [0, 0.1) is 5.92 Å². The summed E-state index contributed by atoms with van der Waals surface area (Å²) in [6.45, 7) is 0. The number of primary amides is 1. The standard InChI is InChI=1S/C12H14N2O4/c1-14-6-4-3-5-7(18-2)8(6)10(15)9(11(13)16)12(14)17/h3-5,9-10,15H,1-2H3,(H2,13,16). The molecule has 6 nitrogen and oxygen atoms in total. The summed E-state index contributed by atoms with van der Waals surface area (Å²) < 4.78 is 5.14. The van der Waals surface area contributed by atoms with Gasteiger partial charge in [0.1, 0.15) is 17.8 Å². The van der Waals surface area contributed by atoms with Crippen molar-refractivity contribution in [1.29, 1.82) is 0 Å². The molecule has 1 aromatic rings. The molecule has 0 fully saturated rings. The fourth-order valence-electron chi connectivity index (χ4n) is 2.21. The van der Waals surface area contributed by atoms with Gasteiger partial charge in [0.05, 0.1) is 12.8 Å². The van der Waals surface area contributed by atoms with Crippen LogP contribution in [0.25, 0.3) is 0 Å². The summed E-state index contributed by atoms with van der Waals surface area (Å²) in [4.78, 5) is 24.6. The van der Waals surface area contributed by atoms with Gasteiger partial charge in [-0.25, -0.2) is 0 Å². The molecule has 1 aliphatic heterocycles. The number of amides is 2. The molecule has 0 radical (unpaired) electrons.